The second-order valence-corrected chi connectivity index (χ2v) is 5.07. The van der Waals surface area contributed by atoms with E-state index in [9.17, 15) is 13.2 Å². The second kappa shape index (κ2) is 4.26. The van der Waals surface area contributed by atoms with Crippen LogP contribution in [-0.4, -0.2) is 9.78 Å². The molecule has 20 heavy (non-hydrogen) atoms. The van der Waals surface area contributed by atoms with Crippen molar-refractivity contribution in [1.29, 1.82) is 0 Å². The summed E-state index contributed by atoms with van der Waals surface area (Å²) in [5.74, 6) is 0.425. The third kappa shape index (κ3) is 1.95. The number of hydrogen-bond acceptors (Lipinski definition) is 2. The van der Waals surface area contributed by atoms with Gasteiger partial charge in [-0.3, -0.25) is 0 Å². The standard InChI is InChI=1S/C14H14F3N3/c1-8-5-6-9(14(15,16)17)7-12(8)20-11-4-2-3-10(11)13(18)19-20/h5-7H,2-4H2,1H3,(H2,18,19). The number of benzene rings is 1. The van der Waals surface area contributed by atoms with Gasteiger partial charge in [-0.2, -0.15) is 18.3 Å². The number of fused-ring (bicyclic) bond motifs is 1. The van der Waals surface area contributed by atoms with Crippen molar-refractivity contribution in [2.75, 3.05) is 5.73 Å². The Hall–Kier alpha value is -1.98. The van der Waals surface area contributed by atoms with Gasteiger partial charge in [0.2, 0.25) is 0 Å². The average molecular weight is 281 g/mol. The van der Waals surface area contributed by atoms with E-state index in [1.54, 1.807) is 11.6 Å². The lowest BCUT2D eigenvalue weighted by atomic mass is 10.1. The molecule has 1 aromatic heterocycles. The molecule has 2 N–H and O–H groups in total. The summed E-state index contributed by atoms with van der Waals surface area (Å²) >= 11 is 0. The number of aryl methyl sites for hydroxylation is 1. The van der Waals surface area contributed by atoms with Gasteiger partial charge in [0.15, 0.2) is 0 Å². The van der Waals surface area contributed by atoms with Crippen LogP contribution in [0.5, 0.6) is 0 Å². The molecule has 0 spiro atoms. The number of nitrogens with two attached hydrogens (primary N) is 1. The van der Waals surface area contributed by atoms with Crippen molar-refractivity contribution in [3.8, 4) is 5.69 Å². The van der Waals surface area contributed by atoms with Gasteiger partial charge in [-0.15, -0.1) is 0 Å². The monoisotopic (exact) mass is 281 g/mol. The molecule has 0 bridgehead atoms. The zero-order valence-corrected chi connectivity index (χ0v) is 11.0. The third-order valence-electron chi connectivity index (χ3n) is 3.73. The number of aromatic nitrogens is 2. The highest BCUT2D eigenvalue weighted by atomic mass is 19.4. The summed E-state index contributed by atoms with van der Waals surface area (Å²) in [4.78, 5) is 0. The molecule has 0 radical (unpaired) electrons. The Kier molecular flexibility index (Phi) is 2.77. The molecule has 0 saturated heterocycles. The number of nitrogen functional groups attached to an aromatic ring is 1. The Morgan fingerprint density at radius 1 is 1.25 bits per heavy atom. The lowest BCUT2D eigenvalue weighted by molar-refractivity contribution is -0.137. The number of anilines is 1. The highest BCUT2D eigenvalue weighted by Gasteiger charge is 2.31. The van der Waals surface area contributed by atoms with Crippen molar-refractivity contribution in [3.05, 3.63) is 40.6 Å². The van der Waals surface area contributed by atoms with E-state index in [1.165, 1.54) is 6.07 Å². The van der Waals surface area contributed by atoms with Gasteiger partial charge in [0.05, 0.1) is 11.3 Å². The topological polar surface area (TPSA) is 43.8 Å². The zero-order chi connectivity index (χ0) is 14.5. The van der Waals surface area contributed by atoms with Crippen LogP contribution >= 0.6 is 0 Å². The molecule has 0 atom stereocenters. The predicted octanol–water partition coefficient (Wildman–Crippen LogP) is 3.27. The van der Waals surface area contributed by atoms with Gasteiger partial charge in [0, 0.05) is 11.3 Å². The Bertz CT molecular complexity index is 671. The van der Waals surface area contributed by atoms with Crippen LogP contribution in [0, 0.1) is 6.92 Å². The summed E-state index contributed by atoms with van der Waals surface area (Å²) in [6, 6.07) is 3.70. The lowest BCUT2D eigenvalue weighted by Gasteiger charge is -2.13. The maximum Gasteiger partial charge on any atom is 0.416 e. The van der Waals surface area contributed by atoms with Gasteiger partial charge in [-0.1, -0.05) is 6.07 Å². The number of halogens is 3. The zero-order valence-electron chi connectivity index (χ0n) is 11.0. The molecule has 0 unspecified atom stereocenters. The van der Waals surface area contributed by atoms with Crippen molar-refractivity contribution in [3.63, 3.8) is 0 Å². The van der Waals surface area contributed by atoms with Crippen molar-refractivity contribution < 1.29 is 13.2 Å². The Labute approximate surface area is 114 Å². The molecule has 3 nitrogen and oxygen atoms in total. The minimum atomic E-state index is -4.36. The number of rotatable bonds is 1. The van der Waals surface area contributed by atoms with Gasteiger partial charge in [-0.25, -0.2) is 4.68 Å². The smallest absolute Gasteiger partial charge is 0.382 e. The minimum absolute atomic E-state index is 0.425. The van der Waals surface area contributed by atoms with Gasteiger partial charge >= 0.3 is 6.18 Å². The van der Waals surface area contributed by atoms with E-state index < -0.39 is 11.7 Å². The molecule has 0 amide bonds. The van der Waals surface area contributed by atoms with Crippen molar-refractivity contribution in [1.82, 2.24) is 9.78 Å². The fourth-order valence-electron chi connectivity index (χ4n) is 2.68. The quantitative estimate of drug-likeness (QED) is 0.871. The summed E-state index contributed by atoms with van der Waals surface area (Å²) in [6.45, 7) is 1.77. The van der Waals surface area contributed by atoms with Crippen molar-refractivity contribution in [2.24, 2.45) is 0 Å². The molecule has 1 aromatic carbocycles. The van der Waals surface area contributed by atoms with Crippen LogP contribution in [-0.2, 0) is 19.0 Å². The number of alkyl halides is 3. The van der Waals surface area contributed by atoms with E-state index >= 15 is 0 Å². The van der Waals surface area contributed by atoms with E-state index in [0.717, 1.165) is 48.2 Å². The predicted molar refractivity (Wildman–Crippen MR) is 69.7 cm³/mol. The second-order valence-electron chi connectivity index (χ2n) is 5.07. The Morgan fingerprint density at radius 2 is 2.00 bits per heavy atom. The lowest BCUT2D eigenvalue weighted by Crippen LogP contribution is -2.09. The van der Waals surface area contributed by atoms with Crippen LogP contribution in [0.4, 0.5) is 19.0 Å². The number of hydrogen-bond donors (Lipinski definition) is 1. The summed E-state index contributed by atoms with van der Waals surface area (Å²) in [5.41, 5.74) is 8.29. The van der Waals surface area contributed by atoms with Crippen LogP contribution < -0.4 is 5.73 Å². The largest absolute Gasteiger partial charge is 0.416 e. The maximum absolute atomic E-state index is 12.8. The van der Waals surface area contributed by atoms with Crippen molar-refractivity contribution in [2.45, 2.75) is 32.4 Å². The first-order valence-corrected chi connectivity index (χ1v) is 6.42. The van der Waals surface area contributed by atoms with Gasteiger partial charge in [0.25, 0.3) is 0 Å². The van der Waals surface area contributed by atoms with Crippen LogP contribution in [0.25, 0.3) is 5.69 Å². The van der Waals surface area contributed by atoms with E-state index in [0.29, 0.717) is 11.5 Å². The highest BCUT2D eigenvalue weighted by molar-refractivity contribution is 5.52. The van der Waals surface area contributed by atoms with E-state index in [4.69, 9.17) is 5.73 Å². The first kappa shape index (κ1) is 13.0. The van der Waals surface area contributed by atoms with E-state index in [-0.39, 0.29) is 0 Å². The van der Waals surface area contributed by atoms with E-state index in [1.807, 2.05) is 0 Å². The van der Waals surface area contributed by atoms with Crippen LogP contribution in [0.15, 0.2) is 18.2 Å². The molecule has 1 aliphatic carbocycles. The SMILES string of the molecule is Cc1ccc(C(F)(F)F)cc1-n1nc(N)c2c1CCC2. The summed E-state index contributed by atoms with van der Waals surface area (Å²) < 4.78 is 40.1. The molecule has 1 heterocycles. The first-order chi connectivity index (χ1) is 9.38. The first-order valence-electron chi connectivity index (χ1n) is 6.42. The van der Waals surface area contributed by atoms with Crippen LogP contribution in [0.1, 0.15) is 28.8 Å². The van der Waals surface area contributed by atoms with Crippen LogP contribution in [0.2, 0.25) is 0 Å². The molecule has 0 fully saturated rings. The fraction of sp³-hybridized carbons (Fsp3) is 0.357. The van der Waals surface area contributed by atoms with Gasteiger partial charge in [0.1, 0.15) is 5.82 Å². The van der Waals surface area contributed by atoms with Crippen LogP contribution in [0.3, 0.4) is 0 Å². The fourth-order valence-corrected chi connectivity index (χ4v) is 2.68. The number of nitrogens with zero attached hydrogens (tertiary/aromatic N) is 2. The molecule has 0 saturated carbocycles. The Morgan fingerprint density at radius 3 is 2.70 bits per heavy atom. The summed E-state index contributed by atoms with van der Waals surface area (Å²) in [7, 11) is 0. The molecular formula is C14H14F3N3. The Balaban J connectivity index is 2.18. The molecule has 3 rings (SSSR count). The van der Waals surface area contributed by atoms with Gasteiger partial charge in [-0.05, 0) is 43.9 Å². The van der Waals surface area contributed by atoms with E-state index in [2.05, 4.69) is 5.10 Å². The molecule has 1 aliphatic rings. The average Bonchev–Trinajstić information content (AvgIpc) is 2.93. The van der Waals surface area contributed by atoms with Crippen molar-refractivity contribution >= 4 is 5.82 Å². The maximum atomic E-state index is 12.8. The molecule has 106 valence electrons. The van der Waals surface area contributed by atoms with Gasteiger partial charge < -0.3 is 5.73 Å². The summed E-state index contributed by atoms with van der Waals surface area (Å²) in [5, 5.41) is 4.21. The molecular weight excluding hydrogens is 267 g/mol. The third-order valence-corrected chi connectivity index (χ3v) is 3.73. The molecule has 2 aromatic rings. The normalized spacial score (nSPS) is 14.6. The molecule has 6 heteroatoms. The minimum Gasteiger partial charge on any atom is -0.382 e. The molecule has 0 aliphatic heterocycles. The summed E-state index contributed by atoms with van der Waals surface area (Å²) in [6.07, 6.45) is -1.74. The highest BCUT2D eigenvalue weighted by Crippen LogP contribution is 2.34.